The Labute approximate surface area is 115 Å². The van der Waals surface area contributed by atoms with Gasteiger partial charge in [0.1, 0.15) is 0 Å². The highest BCUT2D eigenvalue weighted by Gasteiger charge is 2.26. The molecule has 4 nitrogen and oxygen atoms in total. The van der Waals surface area contributed by atoms with Crippen molar-refractivity contribution in [1.29, 1.82) is 0 Å². The van der Waals surface area contributed by atoms with Crippen molar-refractivity contribution in [3.63, 3.8) is 0 Å². The largest absolute Gasteiger partial charge is 0.384 e. The van der Waals surface area contributed by atoms with Crippen molar-refractivity contribution in [2.75, 3.05) is 31.7 Å². The van der Waals surface area contributed by atoms with Gasteiger partial charge in [0.25, 0.3) is 0 Å². The van der Waals surface area contributed by atoms with Crippen molar-refractivity contribution in [3.05, 3.63) is 17.3 Å². The van der Waals surface area contributed by atoms with E-state index in [0.29, 0.717) is 11.8 Å². The number of hydrogen-bond acceptors (Lipinski definition) is 4. The van der Waals surface area contributed by atoms with Crippen LogP contribution < -0.4 is 4.90 Å². The fourth-order valence-electron chi connectivity index (χ4n) is 2.60. The lowest BCUT2D eigenvalue weighted by Crippen LogP contribution is -2.22. The molecule has 6 heteroatoms. The first-order chi connectivity index (χ1) is 8.83. The molecule has 1 unspecified atom stereocenters. The number of hydrogen-bond donors (Lipinski definition) is 0. The molecule has 3 rings (SSSR count). The van der Waals surface area contributed by atoms with E-state index in [1.165, 1.54) is 6.42 Å². The lowest BCUT2D eigenvalue weighted by atomic mass is 10.1. The summed E-state index contributed by atoms with van der Waals surface area (Å²) in [5.41, 5.74) is 1.10. The molecule has 2 aromatic rings. The van der Waals surface area contributed by atoms with Crippen molar-refractivity contribution >= 4 is 33.7 Å². The summed E-state index contributed by atoms with van der Waals surface area (Å²) in [6.45, 7) is 2.89. The van der Waals surface area contributed by atoms with Gasteiger partial charge in [-0.2, -0.15) is 0 Å². The number of nitrogens with zero attached hydrogens (tertiary/aromatic N) is 3. The predicted molar refractivity (Wildman–Crippen MR) is 74.8 cm³/mol. The van der Waals surface area contributed by atoms with Crippen molar-refractivity contribution in [2.45, 2.75) is 12.3 Å². The van der Waals surface area contributed by atoms with Crippen LogP contribution in [-0.2, 0) is 10.6 Å². The number of methoxy groups -OCH3 is 1. The summed E-state index contributed by atoms with van der Waals surface area (Å²) >= 11 is 7.73. The van der Waals surface area contributed by atoms with E-state index in [-0.39, 0.29) is 0 Å². The van der Waals surface area contributed by atoms with Gasteiger partial charge in [-0.15, -0.1) is 22.9 Å². The van der Waals surface area contributed by atoms with Crippen molar-refractivity contribution < 1.29 is 4.74 Å². The molecule has 0 spiro atoms. The highest BCUT2D eigenvalue weighted by atomic mass is 35.5. The molecule has 18 heavy (non-hydrogen) atoms. The number of imidazole rings is 1. The van der Waals surface area contributed by atoms with Crippen LogP contribution in [0.3, 0.4) is 0 Å². The van der Waals surface area contributed by atoms with Gasteiger partial charge in [0.2, 0.25) is 0 Å². The fraction of sp³-hybridized carbons (Fsp3) is 0.583. The van der Waals surface area contributed by atoms with Gasteiger partial charge in [-0.25, -0.2) is 4.98 Å². The molecular formula is C12H16ClN3OS. The number of thiazole rings is 1. The minimum Gasteiger partial charge on any atom is -0.384 e. The van der Waals surface area contributed by atoms with Crippen LogP contribution in [0.4, 0.5) is 5.82 Å². The Balaban J connectivity index is 1.88. The normalized spacial score (nSPS) is 20.1. The standard InChI is InChI=1S/C12H16ClN3OS/c1-17-8-9-2-3-15(7-9)11-10(6-13)16-4-5-18-12(16)14-11/h4-5,9H,2-3,6-8H2,1H3. The Hall–Kier alpha value is -0.780. The van der Waals surface area contributed by atoms with Gasteiger partial charge in [0.05, 0.1) is 18.2 Å². The Morgan fingerprint density at radius 2 is 2.50 bits per heavy atom. The monoisotopic (exact) mass is 285 g/mol. The zero-order chi connectivity index (χ0) is 12.5. The van der Waals surface area contributed by atoms with Gasteiger partial charge < -0.3 is 9.64 Å². The van der Waals surface area contributed by atoms with E-state index in [9.17, 15) is 0 Å². The second-order valence-electron chi connectivity index (χ2n) is 4.63. The summed E-state index contributed by atoms with van der Waals surface area (Å²) in [6.07, 6.45) is 3.21. The van der Waals surface area contributed by atoms with Crippen LogP contribution in [0.1, 0.15) is 12.1 Å². The molecule has 0 aromatic carbocycles. The van der Waals surface area contributed by atoms with E-state index in [0.717, 1.165) is 36.2 Å². The first-order valence-electron chi connectivity index (χ1n) is 6.07. The van der Waals surface area contributed by atoms with E-state index < -0.39 is 0 Å². The van der Waals surface area contributed by atoms with Gasteiger partial charge in [0, 0.05) is 37.7 Å². The zero-order valence-electron chi connectivity index (χ0n) is 10.3. The Bertz CT molecular complexity index is 538. The molecule has 0 radical (unpaired) electrons. The van der Waals surface area contributed by atoms with Crippen LogP contribution in [0.5, 0.6) is 0 Å². The smallest absolute Gasteiger partial charge is 0.195 e. The number of halogens is 1. The van der Waals surface area contributed by atoms with Crippen LogP contribution in [0.15, 0.2) is 11.6 Å². The number of aromatic nitrogens is 2. The highest BCUT2D eigenvalue weighted by molar-refractivity contribution is 7.15. The lowest BCUT2D eigenvalue weighted by Gasteiger charge is -2.17. The van der Waals surface area contributed by atoms with E-state index in [4.69, 9.17) is 21.3 Å². The number of rotatable bonds is 4. The summed E-state index contributed by atoms with van der Waals surface area (Å²) in [5.74, 6) is 2.16. The second kappa shape index (κ2) is 5.07. The lowest BCUT2D eigenvalue weighted by molar-refractivity contribution is 0.161. The average molecular weight is 286 g/mol. The quantitative estimate of drug-likeness (QED) is 0.809. The van der Waals surface area contributed by atoms with E-state index in [1.54, 1.807) is 18.4 Å². The zero-order valence-corrected chi connectivity index (χ0v) is 11.9. The predicted octanol–water partition coefficient (Wildman–Crippen LogP) is 2.61. The number of fused-ring (bicyclic) bond motifs is 1. The molecule has 0 bridgehead atoms. The molecule has 0 amide bonds. The van der Waals surface area contributed by atoms with Crippen LogP contribution in [-0.4, -0.2) is 36.2 Å². The van der Waals surface area contributed by atoms with E-state index >= 15 is 0 Å². The molecule has 1 aliphatic rings. The number of anilines is 1. The van der Waals surface area contributed by atoms with Gasteiger partial charge >= 0.3 is 0 Å². The van der Waals surface area contributed by atoms with Gasteiger partial charge in [-0.1, -0.05) is 0 Å². The van der Waals surface area contributed by atoms with E-state index in [2.05, 4.69) is 9.30 Å². The van der Waals surface area contributed by atoms with Crippen LogP contribution in [0, 0.1) is 5.92 Å². The number of ether oxygens (including phenoxy) is 1. The maximum absolute atomic E-state index is 6.08. The van der Waals surface area contributed by atoms with Crippen molar-refractivity contribution in [2.24, 2.45) is 5.92 Å². The topological polar surface area (TPSA) is 29.8 Å². The molecule has 0 saturated carbocycles. The van der Waals surface area contributed by atoms with Crippen LogP contribution in [0.2, 0.25) is 0 Å². The molecular weight excluding hydrogens is 270 g/mol. The molecule has 3 heterocycles. The molecule has 1 atom stereocenters. The Morgan fingerprint density at radius 1 is 1.61 bits per heavy atom. The molecule has 1 fully saturated rings. The summed E-state index contributed by atoms with van der Waals surface area (Å²) in [6, 6.07) is 0. The second-order valence-corrected chi connectivity index (χ2v) is 5.77. The summed E-state index contributed by atoms with van der Waals surface area (Å²) in [5, 5.41) is 2.04. The Kier molecular flexibility index (Phi) is 3.46. The van der Waals surface area contributed by atoms with E-state index in [1.807, 2.05) is 11.6 Å². The van der Waals surface area contributed by atoms with Crippen molar-refractivity contribution in [3.8, 4) is 0 Å². The molecule has 0 N–H and O–H groups in total. The molecule has 0 aliphatic carbocycles. The van der Waals surface area contributed by atoms with Crippen LogP contribution in [0.25, 0.3) is 4.96 Å². The molecule has 98 valence electrons. The SMILES string of the molecule is COCC1CCN(c2nc3sccn3c2CCl)C1. The third kappa shape index (κ3) is 2.00. The van der Waals surface area contributed by atoms with Crippen molar-refractivity contribution in [1.82, 2.24) is 9.38 Å². The minimum atomic E-state index is 0.499. The highest BCUT2D eigenvalue weighted by Crippen LogP contribution is 2.30. The molecule has 1 aliphatic heterocycles. The van der Waals surface area contributed by atoms with Crippen LogP contribution >= 0.6 is 22.9 Å². The maximum atomic E-state index is 6.08. The summed E-state index contributed by atoms with van der Waals surface area (Å²) < 4.78 is 7.33. The molecule has 1 saturated heterocycles. The third-order valence-corrected chi connectivity index (χ3v) is 4.46. The van der Waals surface area contributed by atoms with Gasteiger partial charge in [-0.05, 0) is 6.42 Å². The average Bonchev–Trinajstić information content (AvgIpc) is 3.01. The Morgan fingerprint density at radius 3 is 3.28 bits per heavy atom. The summed E-state index contributed by atoms with van der Waals surface area (Å²) in [4.78, 5) is 8.06. The minimum absolute atomic E-state index is 0.499. The first kappa shape index (κ1) is 12.3. The van der Waals surface area contributed by atoms with Gasteiger partial charge in [-0.3, -0.25) is 4.40 Å². The summed E-state index contributed by atoms with van der Waals surface area (Å²) in [7, 11) is 1.76. The van der Waals surface area contributed by atoms with Gasteiger partial charge in [0.15, 0.2) is 10.8 Å². The first-order valence-corrected chi connectivity index (χ1v) is 7.49. The fourth-order valence-corrected chi connectivity index (χ4v) is 3.57. The number of alkyl halides is 1. The maximum Gasteiger partial charge on any atom is 0.195 e. The molecule has 2 aromatic heterocycles. The third-order valence-electron chi connectivity index (χ3n) is 3.45.